The van der Waals surface area contributed by atoms with Crippen molar-refractivity contribution >= 4 is 5.91 Å². The summed E-state index contributed by atoms with van der Waals surface area (Å²) in [5.41, 5.74) is 7.00. The normalized spacial score (nSPS) is 27.1. The predicted molar refractivity (Wildman–Crippen MR) is 63.7 cm³/mol. The third kappa shape index (κ3) is 2.00. The van der Waals surface area contributed by atoms with Gasteiger partial charge in [-0.2, -0.15) is 0 Å². The molecule has 2 unspecified atom stereocenters. The number of fused-ring (bicyclic) bond motifs is 1. The average Bonchev–Trinajstić information content (AvgIpc) is 2.82. The number of nitrogens with two attached hydrogens (primary N) is 1. The van der Waals surface area contributed by atoms with Gasteiger partial charge in [0, 0.05) is 25.4 Å². The molecule has 2 atom stereocenters. The molecular formula is C13H16N2O2. The van der Waals surface area contributed by atoms with Gasteiger partial charge >= 0.3 is 0 Å². The molecule has 2 aliphatic heterocycles. The second-order valence-electron chi connectivity index (χ2n) is 4.81. The van der Waals surface area contributed by atoms with Gasteiger partial charge in [-0.05, 0) is 11.6 Å². The number of nitrogens with zero attached hydrogens (tertiary/aromatic N) is 1. The summed E-state index contributed by atoms with van der Waals surface area (Å²) in [6.07, 6.45) is 1.44. The Kier molecular flexibility index (Phi) is 2.52. The van der Waals surface area contributed by atoms with E-state index in [4.69, 9.17) is 10.5 Å². The molecule has 1 aromatic rings. The number of likely N-dealkylation sites (tertiary alicyclic amines) is 1. The molecule has 2 N–H and O–H groups in total. The van der Waals surface area contributed by atoms with Crippen LogP contribution in [0.3, 0.4) is 0 Å². The second kappa shape index (κ2) is 4.04. The number of ether oxygens (including phenoxy) is 1. The Morgan fingerprint density at radius 3 is 2.88 bits per heavy atom. The summed E-state index contributed by atoms with van der Waals surface area (Å²) in [4.78, 5) is 13.5. The first-order chi connectivity index (χ1) is 8.22. The third-order valence-corrected chi connectivity index (χ3v) is 3.38. The molecule has 1 fully saturated rings. The highest BCUT2D eigenvalue weighted by atomic mass is 16.5. The van der Waals surface area contributed by atoms with Crippen LogP contribution in [0, 0.1) is 0 Å². The maximum Gasteiger partial charge on any atom is 0.224 e. The van der Waals surface area contributed by atoms with Crippen LogP contribution >= 0.6 is 0 Å². The summed E-state index contributed by atoms with van der Waals surface area (Å²) < 4.78 is 5.82. The van der Waals surface area contributed by atoms with Gasteiger partial charge in [-0.3, -0.25) is 4.79 Å². The largest absolute Gasteiger partial charge is 0.488 e. The molecule has 0 saturated carbocycles. The van der Waals surface area contributed by atoms with E-state index < -0.39 is 0 Å². The van der Waals surface area contributed by atoms with Gasteiger partial charge in [-0.25, -0.2) is 0 Å². The number of para-hydroxylation sites is 1. The maximum atomic E-state index is 11.6. The predicted octanol–water partition coefficient (Wildman–Crippen LogP) is 0.550. The summed E-state index contributed by atoms with van der Waals surface area (Å²) in [5, 5.41) is 0. The molecule has 2 heterocycles. The minimum Gasteiger partial charge on any atom is -0.488 e. The van der Waals surface area contributed by atoms with Crippen molar-refractivity contribution in [3.63, 3.8) is 0 Å². The van der Waals surface area contributed by atoms with Crippen LogP contribution in [0.25, 0.3) is 0 Å². The average molecular weight is 232 g/mol. The minimum atomic E-state index is -0.00808. The van der Waals surface area contributed by atoms with Crippen LogP contribution in [0.2, 0.25) is 0 Å². The Hall–Kier alpha value is -1.55. The summed E-state index contributed by atoms with van der Waals surface area (Å²) in [5.74, 6) is 1.10. The van der Waals surface area contributed by atoms with E-state index in [0.717, 1.165) is 12.2 Å². The van der Waals surface area contributed by atoms with Crippen LogP contribution in [-0.2, 0) is 11.2 Å². The molecule has 2 aliphatic rings. The van der Waals surface area contributed by atoms with Gasteiger partial charge in [0.25, 0.3) is 0 Å². The molecule has 90 valence electrons. The Morgan fingerprint density at radius 2 is 2.18 bits per heavy atom. The van der Waals surface area contributed by atoms with Crippen LogP contribution < -0.4 is 10.5 Å². The highest BCUT2D eigenvalue weighted by molar-refractivity contribution is 5.79. The Labute approximate surface area is 100 Å². The quantitative estimate of drug-likeness (QED) is 0.810. The molecule has 1 aromatic carbocycles. The molecular weight excluding hydrogens is 216 g/mol. The molecule has 0 spiro atoms. The minimum absolute atomic E-state index is 0.00808. The van der Waals surface area contributed by atoms with Gasteiger partial charge < -0.3 is 15.4 Å². The number of hydrogen-bond donors (Lipinski definition) is 1. The van der Waals surface area contributed by atoms with Gasteiger partial charge in [0.05, 0.1) is 6.54 Å². The Bertz CT molecular complexity index is 422. The van der Waals surface area contributed by atoms with Crippen molar-refractivity contribution in [2.75, 3.05) is 13.1 Å². The fourth-order valence-electron chi connectivity index (χ4n) is 2.58. The summed E-state index contributed by atoms with van der Waals surface area (Å²) in [6.45, 7) is 1.32. The lowest BCUT2D eigenvalue weighted by Crippen LogP contribution is -2.37. The molecule has 0 radical (unpaired) electrons. The topological polar surface area (TPSA) is 55.6 Å². The van der Waals surface area contributed by atoms with Crippen molar-refractivity contribution in [3.8, 4) is 5.75 Å². The van der Waals surface area contributed by atoms with Crippen LogP contribution in [0.15, 0.2) is 24.3 Å². The first-order valence-electron chi connectivity index (χ1n) is 6.00. The molecule has 3 rings (SSSR count). The van der Waals surface area contributed by atoms with Crippen LogP contribution in [0.5, 0.6) is 5.75 Å². The second-order valence-corrected chi connectivity index (χ2v) is 4.81. The van der Waals surface area contributed by atoms with E-state index in [1.165, 1.54) is 5.56 Å². The monoisotopic (exact) mass is 232 g/mol. The van der Waals surface area contributed by atoms with Gasteiger partial charge in [0.1, 0.15) is 11.9 Å². The van der Waals surface area contributed by atoms with Crippen molar-refractivity contribution in [1.29, 1.82) is 0 Å². The molecule has 4 nitrogen and oxygen atoms in total. The number of carbonyl (C=O) groups excluding carboxylic acids is 1. The van der Waals surface area contributed by atoms with Crippen molar-refractivity contribution < 1.29 is 9.53 Å². The SMILES string of the molecule is NC1CC(=O)N(CC2Cc3ccccc3O2)C1. The molecule has 17 heavy (non-hydrogen) atoms. The van der Waals surface area contributed by atoms with Crippen LogP contribution in [-0.4, -0.2) is 36.0 Å². The lowest BCUT2D eigenvalue weighted by molar-refractivity contribution is -0.128. The van der Waals surface area contributed by atoms with Gasteiger partial charge in [0.15, 0.2) is 0 Å². The molecule has 0 bridgehead atoms. The number of rotatable bonds is 2. The molecule has 0 aliphatic carbocycles. The van der Waals surface area contributed by atoms with E-state index in [-0.39, 0.29) is 18.1 Å². The third-order valence-electron chi connectivity index (χ3n) is 3.38. The van der Waals surface area contributed by atoms with E-state index in [0.29, 0.717) is 19.5 Å². The van der Waals surface area contributed by atoms with E-state index in [9.17, 15) is 4.79 Å². The smallest absolute Gasteiger partial charge is 0.224 e. The highest BCUT2D eigenvalue weighted by Gasteiger charge is 2.31. The van der Waals surface area contributed by atoms with Gasteiger partial charge in [-0.1, -0.05) is 18.2 Å². The molecule has 1 saturated heterocycles. The number of hydrogen-bond acceptors (Lipinski definition) is 3. The summed E-state index contributed by atoms with van der Waals surface area (Å²) in [6, 6.07) is 8.03. The highest BCUT2D eigenvalue weighted by Crippen LogP contribution is 2.28. The van der Waals surface area contributed by atoms with E-state index in [1.54, 1.807) is 0 Å². The maximum absolute atomic E-state index is 11.6. The summed E-state index contributed by atoms with van der Waals surface area (Å²) in [7, 11) is 0. The number of carbonyl (C=O) groups is 1. The fourth-order valence-corrected chi connectivity index (χ4v) is 2.58. The van der Waals surface area contributed by atoms with Crippen LogP contribution in [0.1, 0.15) is 12.0 Å². The zero-order chi connectivity index (χ0) is 11.8. The van der Waals surface area contributed by atoms with Crippen molar-refractivity contribution in [1.82, 2.24) is 4.90 Å². The molecule has 1 amide bonds. The van der Waals surface area contributed by atoms with Gasteiger partial charge in [-0.15, -0.1) is 0 Å². The Balaban J connectivity index is 1.64. The summed E-state index contributed by atoms with van der Waals surface area (Å²) >= 11 is 0. The fraction of sp³-hybridized carbons (Fsp3) is 0.462. The lowest BCUT2D eigenvalue weighted by Gasteiger charge is -2.20. The van der Waals surface area contributed by atoms with E-state index in [2.05, 4.69) is 6.07 Å². The lowest BCUT2D eigenvalue weighted by atomic mass is 10.1. The number of amides is 1. The van der Waals surface area contributed by atoms with Gasteiger partial charge in [0.2, 0.25) is 5.91 Å². The zero-order valence-electron chi connectivity index (χ0n) is 9.63. The molecule has 0 aromatic heterocycles. The zero-order valence-corrected chi connectivity index (χ0v) is 9.63. The first-order valence-corrected chi connectivity index (χ1v) is 6.00. The standard InChI is InChI=1S/C13H16N2O2/c14-10-6-13(16)15(7-10)8-11-5-9-3-1-2-4-12(9)17-11/h1-4,10-11H,5-8,14H2. The van der Waals surface area contributed by atoms with Crippen molar-refractivity contribution in [3.05, 3.63) is 29.8 Å². The van der Waals surface area contributed by atoms with Crippen molar-refractivity contribution in [2.45, 2.75) is 25.0 Å². The van der Waals surface area contributed by atoms with E-state index >= 15 is 0 Å². The number of benzene rings is 1. The molecule has 4 heteroatoms. The first kappa shape index (κ1) is 10.6. The van der Waals surface area contributed by atoms with E-state index in [1.807, 2.05) is 23.1 Å². The van der Waals surface area contributed by atoms with Crippen LogP contribution in [0.4, 0.5) is 0 Å². The Morgan fingerprint density at radius 1 is 1.35 bits per heavy atom. The van der Waals surface area contributed by atoms with Crippen molar-refractivity contribution in [2.24, 2.45) is 5.73 Å².